The Kier molecular flexibility index (Phi) is 3.50. The second-order valence-electron chi connectivity index (χ2n) is 3.81. The minimum Gasteiger partial charge on any atom is -0.396 e. The third kappa shape index (κ3) is 2.44. The Morgan fingerprint density at radius 3 is 2.92 bits per heavy atom. The molecule has 1 rings (SSSR count). The predicted molar refractivity (Wildman–Crippen MR) is 50.0 cm³/mol. The minimum atomic E-state index is -0.122. The van der Waals surface area contributed by atoms with E-state index < -0.39 is 0 Å². The number of hydrogen-bond acceptors (Lipinski definition) is 3. The topological polar surface area (TPSA) is 49.5 Å². The van der Waals surface area contributed by atoms with Crippen LogP contribution in [0.5, 0.6) is 0 Å². The number of likely N-dealkylation sites (N-methyl/N-ethyl adjacent to an activating group) is 1. The van der Waals surface area contributed by atoms with Crippen LogP contribution < -0.4 is 5.73 Å². The van der Waals surface area contributed by atoms with Crippen molar-refractivity contribution in [2.24, 2.45) is 5.73 Å². The second kappa shape index (κ2) is 4.21. The molecule has 3 N–H and O–H groups in total. The average molecular weight is 172 g/mol. The van der Waals surface area contributed by atoms with Crippen LogP contribution in [0.2, 0.25) is 0 Å². The van der Waals surface area contributed by atoms with E-state index in [0.717, 1.165) is 25.9 Å². The summed E-state index contributed by atoms with van der Waals surface area (Å²) >= 11 is 0. The lowest BCUT2D eigenvalue weighted by Crippen LogP contribution is -2.54. The first-order valence-electron chi connectivity index (χ1n) is 4.82. The van der Waals surface area contributed by atoms with Crippen molar-refractivity contribution in [1.29, 1.82) is 0 Å². The van der Waals surface area contributed by atoms with Gasteiger partial charge in [-0.25, -0.2) is 0 Å². The van der Waals surface area contributed by atoms with Crippen LogP contribution in [0.15, 0.2) is 0 Å². The van der Waals surface area contributed by atoms with Crippen molar-refractivity contribution < 1.29 is 5.11 Å². The van der Waals surface area contributed by atoms with Crippen molar-refractivity contribution in [2.45, 2.75) is 31.7 Å². The van der Waals surface area contributed by atoms with Gasteiger partial charge in [0.2, 0.25) is 0 Å². The number of piperidine rings is 1. The molecular weight excluding hydrogens is 152 g/mol. The third-order valence-electron chi connectivity index (χ3n) is 2.74. The molecule has 1 aliphatic rings. The fraction of sp³-hybridized carbons (Fsp3) is 1.00. The van der Waals surface area contributed by atoms with Gasteiger partial charge in [-0.05, 0) is 32.4 Å². The summed E-state index contributed by atoms with van der Waals surface area (Å²) in [5.41, 5.74) is 6.01. The summed E-state index contributed by atoms with van der Waals surface area (Å²) in [7, 11) is 0. The number of hydrogen-bond donors (Lipinski definition) is 2. The van der Waals surface area contributed by atoms with Crippen LogP contribution in [0, 0.1) is 0 Å². The van der Waals surface area contributed by atoms with Gasteiger partial charge in [0.1, 0.15) is 0 Å². The van der Waals surface area contributed by atoms with Crippen molar-refractivity contribution in [3.63, 3.8) is 0 Å². The summed E-state index contributed by atoms with van der Waals surface area (Å²) in [4.78, 5) is 2.36. The number of aliphatic hydroxyl groups excluding tert-OH is 1. The largest absolute Gasteiger partial charge is 0.396 e. The summed E-state index contributed by atoms with van der Waals surface area (Å²) < 4.78 is 0. The molecular formula is C9H20N2O. The highest BCUT2D eigenvalue weighted by molar-refractivity contribution is 4.90. The molecule has 0 radical (unpaired) electrons. The van der Waals surface area contributed by atoms with Gasteiger partial charge in [-0.2, -0.15) is 0 Å². The molecule has 1 fully saturated rings. The Morgan fingerprint density at radius 1 is 1.58 bits per heavy atom. The summed E-state index contributed by atoms with van der Waals surface area (Å²) in [5, 5.41) is 8.84. The van der Waals surface area contributed by atoms with E-state index in [1.54, 1.807) is 0 Å². The van der Waals surface area contributed by atoms with E-state index >= 15 is 0 Å². The highest BCUT2D eigenvalue weighted by atomic mass is 16.3. The predicted octanol–water partition coefficient (Wildman–Crippen LogP) is 0.182. The van der Waals surface area contributed by atoms with Gasteiger partial charge in [0, 0.05) is 18.7 Å². The van der Waals surface area contributed by atoms with Crippen LogP contribution in [0.25, 0.3) is 0 Å². The summed E-state index contributed by atoms with van der Waals surface area (Å²) in [5.74, 6) is 0. The molecule has 1 atom stereocenters. The van der Waals surface area contributed by atoms with Crippen molar-refractivity contribution in [3.05, 3.63) is 0 Å². The molecule has 0 amide bonds. The second-order valence-corrected chi connectivity index (χ2v) is 3.81. The van der Waals surface area contributed by atoms with E-state index in [1.165, 1.54) is 13.0 Å². The molecule has 0 bridgehead atoms. The normalized spacial score (nSPS) is 32.2. The lowest BCUT2D eigenvalue weighted by Gasteiger charge is -2.39. The van der Waals surface area contributed by atoms with Gasteiger partial charge in [0.15, 0.2) is 0 Å². The molecule has 0 spiro atoms. The fourth-order valence-electron chi connectivity index (χ4n) is 1.95. The van der Waals surface area contributed by atoms with Gasteiger partial charge in [-0.1, -0.05) is 6.92 Å². The molecule has 0 aromatic rings. The zero-order valence-corrected chi connectivity index (χ0v) is 7.92. The highest BCUT2D eigenvalue weighted by Gasteiger charge is 2.29. The van der Waals surface area contributed by atoms with E-state index in [4.69, 9.17) is 10.8 Å². The van der Waals surface area contributed by atoms with E-state index in [9.17, 15) is 0 Å². The van der Waals surface area contributed by atoms with Crippen LogP contribution in [0.4, 0.5) is 0 Å². The van der Waals surface area contributed by atoms with Gasteiger partial charge >= 0.3 is 0 Å². The Bertz CT molecular complexity index is 136. The standard InChI is InChI=1S/C9H20N2O/c1-2-11-6-3-4-9(10,8-11)5-7-12/h12H,2-8,10H2,1H3. The Balaban J connectivity index is 2.43. The minimum absolute atomic E-state index is 0.122. The van der Waals surface area contributed by atoms with E-state index in [0.29, 0.717) is 0 Å². The van der Waals surface area contributed by atoms with Crippen LogP contribution >= 0.6 is 0 Å². The molecule has 0 saturated carbocycles. The van der Waals surface area contributed by atoms with Crippen molar-refractivity contribution >= 4 is 0 Å². The number of aliphatic hydroxyl groups is 1. The van der Waals surface area contributed by atoms with E-state index in [2.05, 4.69) is 11.8 Å². The maximum Gasteiger partial charge on any atom is 0.0449 e. The maximum atomic E-state index is 8.84. The van der Waals surface area contributed by atoms with Gasteiger partial charge in [0.25, 0.3) is 0 Å². The highest BCUT2D eigenvalue weighted by Crippen LogP contribution is 2.21. The molecule has 3 heteroatoms. The molecule has 1 aliphatic heterocycles. The molecule has 12 heavy (non-hydrogen) atoms. The lowest BCUT2D eigenvalue weighted by atomic mass is 9.87. The Labute approximate surface area is 74.5 Å². The van der Waals surface area contributed by atoms with E-state index in [1.807, 2.05) is 0 Å². The van der Waals surface area contributed by atoms with E-state index in [-0.39, 0.29) is 12.1 Å². The molecule has 0 aromatic carbocycles. The van der Waals surface area contributed by atoms with Crippen LogP contribution in [0.3, 0.4) is 0 Å². The van der Waals surface area contributed by atoms with Crippen molar-refractivity contribution in [1.82, 2.24) is 4.90 Å². The molecule has 0 aromatic heterocycles. The van der Waals surface area contributed by atoms with Crippen LogP contribution in [0.1, 0.15) is 26.2 Å². The van der Waals surface area contributed by atoms with Crippen LogP contribution in [-0.2, 0) is 0 Å². The average Bonchev–Trinajstić information content (AvgIpc) is 2.04. The molecule has 1 saturated heterocycles. The van der Waals surface area contributed by atoms with Crippen LogP contribution in [-0.4, -0.2) is 41.8 Å². The van der Waals surface area contributed by atoms with Gasteiger partial charge in [-0.15, -0.1) is 0 Å². The number of nitrogens with zero attached hydrogens (tertiary/aromatic N) is 1. The number of nitrogens with two attached hydrogens (primary N) is 1. The summed E-state index contributed by atoms with van der Waals surface area (Å²) in [6.45, 7) is 5.56. The van der Waals surface area contributed by atoms with Gasteiger partial charge in [-0.3, -0.25) is 0 Å². The smallest absolute Gasteiger partial charge is 0.0449 e. The fourth-order valence-corrected chi connectivity index (χ4v) is 1.95. The van der Waals surface area contributed by atoms with Gasteiger partial charge in [0.05, 0.1) is 0 Å². The monoisotopic (exact) mass is 172 g/mol. The molecule has 0 aliphatic carbocycles. The molecule has 1 heterocycles. The quantitative estimate of drug-likeness (QED) is 0.638. The Morgan fingerprint density at radius 2 is 2.33 bits per heavy atom. The lowest BCUT2D eigenvalue weighted by molar-refractivity contribution is 0.128. The first kappa shape index (κ1) is 9.96. The summed E-state index contributed by atoms with van der Waals surface area (Å²) in [6.07, 6.45) is 2.97. The SMILES string of the molecule is CCN1CCCC(N)(CCO)C1. The van der Waals surface area contributed by atoms with Crippen molar-refractivity contribution in [3.8, 4) is 0 Å². The maximum absolute atomic E-state index is 8.84. The molecule has 3 nitrogen and oxygen atoms in total. The first-order chi connectivity index (χ1) is 5.70. The number of rotatable bonds is 3. The zero-order valence-electron chi connectivity index (χ0n) is 7.92. The van der Waals surface area contributed by atoms with Crippen molar-refractivity contribution in [2.75, 3.05) is 26.2 Å². The zero-order chi connectivity index (χ0) is 9.03. The Hall–Kier alpha value is -0.120. The molecule has 72 valence electrons. The third-order valence-corrected chi connectivity index (χ3v) is 2.74. The first-order valence-corrected chi connectivity index (χ1v) is 4.82. The molecule has 1 unspecified atom stereocenters. The van der Waals surface area contributed by atoms with Gasteiger partial charge < -0.3 is 15.7 Å². The summed E-state index contributed by atoms with van der Waals surface area (Å²) in [6, 6.07) is 0. The number of likely N-dealkylation sites (tertiary alicyclic amines) is 1.